The number of phenolic OH excluding ortho intramolecular Hbond substituents is 1. The van der Waals surface area contributed by atoms with E-state index in [4.69, 9.17) is 4.74 Å². The van der Waals surface area contributed by atoms with Crippen LogP contribution in [-0.4, -0.2) is 26.7 Å². The van der Waals surface area contributed by atoms with Gasteiger partial charge in [0.05, 0.1) is 12.2 Å². The minimum absolute atomic E-state index is 0.0841. The van der Waals surface area contributed by atoms with Crippen molar-refractivity contribution in [3.63, 3.8) is 0 Å². The Labute approximate surface area is 123 Å². The van der Waals surface area contributed by atoms with Gasteiger partial charge in [-0.05, 0) is 36.8 Å². The molecule has 0 spiro atoms. The number of fused-ring (bicyclic) bond motifs is 1. The lowest BCUT2D eigenvalue weighted by atomic mass is 10.2. The molecule has 21 heavy (non-hydrogen) atoms. The lowest BCUT2D eigenvalue weighted by Crippen LogP contribution is -2.37. The molecule has 1 N–H and O–H groups in total. The number of rotatable bonds is 2. The van der Waals surface area contributed by atoms with Crippen LogP contribution < -0.4 is 9.04 Å². The van der Waals surface area contributed by atoms with Crippen LogP contribution in [0.1, 0.15) is 5.56 Å². The van der Waals surface area contributed by atoms with Crippen LogP contribution in [0.15, 0.2) is 47.4 Å². The Hall–Kier alpha value is -2.21. The first kappa shape index (κ1) is 13.8. The maximum Gasteiger partial charge on any atom is 0.268 e. The number of benzene rings is 2. The first-order chi connectivity index (χ1) is 10.00. The highest BCUT2D eigenvalue weighted by atomic mass is 32.2. The predicted octanol–water partition coefficient (Wildman–Crippen LogP) is 2.29. The van der Waals surface area contributed by atoms with Crippen LogP contribution in [0.3, 0.4) is 0 Å². The third-order valence-corrected chi connectivity index (χ3v) is 5.21. The fourth-order valence-electron chi connectivity index (χ4n) is 2.34. The van der Waals surface area contributed by atoms with Crippen molar-refractivity contribution >= 4 is 15.7 Å². The molecule has 5 nitrogen and oxygen atoms in total. The molecule has 3 rings (SSSR count). The number of nitrogens with zero attached hydrogens (tertiary/aromatic N) is 1. The Morgan fingerprint density at radius 3 is 2.76 bits per heavy atom. The van der Waals surface area contributed by atoms with Gasteiger partial charge in [0.1, 0.15) is 23.0 Å². The van der Waals surface area contributed by atoms with Gasteiger partial charge in [0.2, 0.25) is 0 Å². The summed E-state index contributed by atoms with van der Waals surface area (Å²) in [4.78, 5) is -0.0841. The first-order valence-electron chi connectivity index (χ1n) is 6.54. The van der Waals surface area contributed by atoms with Gasteiger partial charge in [-0.25, -0.2) is 8.42 Å². The molecule has 0 amide bonds. The Kier molecular flexibility index (Phi) is 3.25. The van der Waals surface area contributed by atoms with Crippen molar-refractivity contribution in [1.29, 1.82) is 0 Å². The summed E-state index contributed by atoms with van der Waals surface area (Å²) in [6.07, 6.45) is 0. The van der Waals surface area contributed by atoms with Crippen molar-refractivity contribution in [2.24, 2.45) is 0 Å². The molecule has 0 saturated carbocycles. The third kappa shape index (κ3) is 2.31. The van der Waals surface area contributed by atoms with E-state index in [0.29, 0.717) is 11.4 Å². The van der Waals surface area contributed by atoms with E-state index >= 15 is 0 Å². The maximum atomic E-state index is 12.8. The number of aromatic hydroxyl groups is 1. The standard InChI is InChI=1S/C15H15NO4S/c1-11-6-7-13(17)15(10-11)21(18,19)16-8-9-20-14-5-3-2-4-12(14)16/h2-7,10,17H,8-9H2,1H3. The Morgan fingerprint density at radius 2 is 1.95 bits per heavy atom. The van der Waals surface area contributed by atoms with Gasteiger partial charge in [0, 0.05) is 0 Å². The summed E-state index contributed by atoms with van der Waals surface area (Å²) in [5.74, 6) is 0.282. The van der Waals surface area contributed by atoms with Gasteiger partial charge in [0.25, 0.3) is 10.0 Å². The average molecular weight is 305 g/mol. The van der Waals surface area contributed by atoms with Crippen molar-refractivity contribution in [3.05, 3.63) is 48.0 Å². The molecule has 0 bridgehead atoms. The summed E-state index contributed by atoms with van der Waals surface area (Å²) < 4.78 is 32.4. The zero-order valence-corrected chi connectivity index (χ0v) is 12.3. The van der Waals surface area contributed by atoms with E-state index in [-0.39, 0.29) is 23.8 Å². The van der Waals surface area contributed by atoms with E-state index in [1.165, 1.54) is 16.4 Å². The predicted molar refractivity (Wildman–Crippen MR) is 79.3 cm³/mol. The lowest BCUT2D eigenvalue weighted by Gasteiger charge is -2.30. The minimum Gasteiger partial charge on any atom is -0.507 e. The Morgan fingerprint density at radius 1 is 1.19 bits per heavy atom. The summed E-state index contributed by atoms with van der Waals surface area (Å²) in [6, 6.07) is 11.5. The number of anilines is 1. The van der Waals surface area contributed by atoms with Crippen molar-refractivity contribution < 1.29 is 18.3 Å². The number of hydrogen-bond donors (Lipinski definition) is 1. The fourth-order valence-corrected chi connectivity index (χ4v) is 3.97. The molecular weight excluding hydrogens is 290 g/mol. The summed E-state index contributed by atoms with van der Waals surface area (Å²) in [5, 5.41) is 9.91. The quantitative estimate of drug-likeness (QED) is 0.924. The van der Waals surface area contributed by atoms with E-state index in [0.717, 1.165) is 5.56 Å². The van der Waals surface area contributed by atoms with E-state index < -0.39 is 10.0 Å². The fraction of sp³-hybridized carbons (Fsp3) is 0.200. The first-order valence-corrected chi connectivity index (χ1v) is 7.98. The molecule has 0 radical (unpaired) electrons. The molecule has 0 unspecified atom stereocenters. The number of aryl methyl sites for hydroxylation is 1. The summed E-state index contributed by atoms with van der Waals surface area (Å²) in [7, 11) is -3.83. The summed E-state index contributed by atoms with van der Waals surface area (Å²) in [5.41, 5.74) is 1.26. The smallest absolute Gasteiger partial charge is 0.268 e. The minimum atomic E-state index is -3.83. The maximum absolute atomic E-state index is 12.8. The molecule has 6 heteroatoms. The van der Waals surface area contributed by atoms with Gasteiger partial charge < -0.3 is 9.84 Å². The summed E-state index contributed by atoms with van der Waals surface area (Å²) >= 11 is 0. The van der Waals surface area contributed by atoms with Gasteiger partial charge in [-0.2, -0.15) is 0 Å². The molecule has 0 saturated heterocycles. The average Bonchev–Trinajstić information content (AvgIpc) is 2.49. The van der Waals surface area contributed by atoms with Crippen LogP contribution in [0.4, 0.5) is 5.69 Å². The number of hydrogen-bond acceptors (Lipinski definition) is 4. The van der Waals surface area contributed by atoms with Crippen LogP contribution in [0, 0.1) is 6.92 Å². The van der Waals surface area contributed by atoms with Gasteiger partial charge >= 0.3 is 0 Å². The van der Waals surface area contributed by atoms with Crippen molar-refractivity contribution in [1.82, 2.24) is 0 Å². The molecule has 1 aliphatic rings. The monoisotopic (exact) mass is 305 g/mol. The van der Waals surface area contributed by atoms with Crippen molar-refractivity contribution in [2.75, 3.05) is 17.5 Å². The number of phenols is 1. The molecule has 1 heterocycles. The van der Waals surface area contributed by atoms with Gasteiger partial charge in [-0.1, -0.05) is 18.2 Å². The Bertz CT molecular complexity index is 786. The van der Waals surface area contributed by atoms with Crippen molar-refractivity contribution in [3.8, 4) is 11.5 Å². The lowest BCUT2D eigenvalue weighted by molar-refractivity contribution is 0.315. The van der Waals surface area contributed by atoms with Gasteiger partial charge in [-0.3, -0.25) is 4.31 Å². The highest BCUT2D eigenvalue weighted by Gasteiger charge is 2.31. The molecule has 0 aliphatic carbocycles. The van der Waals surface area contributed by atoms with Gasteiger partial charge in [0.15, 0.2) is 0 Å². The number of sulfonamides is 1. The highest BCUT2D eigenvalue weighted by molar-refractivity contribution is 7.93. The SMILES string of the molecule is Cc1ccc(O)c(S(=O)(=O)N2CCOc3ccccc32)c1. The zero-order valence-electron chi connectivity index (χ0n) is 11.5. The molecular formula is C15H15NO4S. The van der Waals surface area contributed by atoms with E-state index in [1.54, 1.807) is 37.3 Å². The normalized spacial score (nSPS) is 14.4. The number of ether oxygens (including phenoxy) is 1. The molecule has 0 fully saturated rings. The second-order valence-electron chi connectivity index (χ2n) is 4.86. The van der Waals surface area contributed by atoms with Crippen LogP contribution in [0.5, 0.6) is 11.5 Å². The van der Waals surface area contributed by atoms with E-state index in [1.807, 2.05) is 0 Å². The van der Waals surface area contributed by atoms with E-state index in [9.17, 15) is 13.5 Å². The largest absolute Gasteiger partial charge is 0.507 e. The molecule has 2 aromatic carbocycles. The molecule has 1 aliphatic heterocycles. The zero-order chi connectivity index (χ0) is 15.0. The highest BCUT2D eigenvalue weighted by Crippen LogP contribution is 2.36. The summed E-state index contributed by atoms with van der Waals surface area (Å²) in [6.45, 7) is 2.28. The molecule has 0 atom stereocenters. The van der Waals surface area contributed by atoms with Crippen LogP contribution >= 0.6 is 0 Å². The van der Waals surface area contributed by atoms with Crippen LogP contribution in [0.25, 0.3) is 0 Å². The van der Waals surface area contributed by atoms with Crippen LogP contribution in [0.2, 0.25) is 0 Å². The molecule has 110 valence electrons. The van der Waals surface area contributed by atoms with Crippen molar-refractivity contribution in [2.45, 2.75) is 11.8 Å². The molecule has 0 aromatic heterocycles. The number of para-hydroxylation sites is 2. The second kappa shape index (κ2) is 4.96. The second-order valence-corrected chi connectivity index (χ2v) is 6.70. The third-order valence-electron chi connectivity index (χ3n) is 3.37. The topological polar surface area (TPSA) is 66.8 Å². The Balaban J connectivity index is 2.14. The van der Waals surface area contributed by atoms with Gasteiger partial charge in [-0.15, -0.1) is 0 Å². The molecule has 2 aromatic rings. The van der Waals surface area contributed by atoms with Crippen LogP contribution in [-0.2, 0) is 10.0 Å². The van der Waals surface area contributed by atoms with E-state index in [2.05, 4.69) is 0 Å².